The molecule has 1 aromatic carbocycles. The second-order valence-corrected chi connectivity index (χ2v) is 3.71. The highest BCUT2D eigenvalue weighted by molar-refractivity contribution is 6.26. The molecule has 1 aliphatic heterocycles. The average molecular weight is 236 g/mol. The highest BCUT2D eigenvalue weighted by Crippen LogP contribution is 2.22. The van der Waals surface area contributed by atoms with Crippen molar-refractivity contribution in [2.75, 3.05) is 4.90 Å². The number of hydrogen-bond acceptors (Lipinski definition) is 3. The van der Waals surface area contributed by atoms with Crippen molar-refractivity contribution < 1.29 is 18.8 Å². The topological polar surface area (TPSA) is 66.5 Å². The SMILES string of the molecule is Cc1ccc(N2C(=O)CC(=O)NC2=O)c(F)c1. The molecule has 0 spiro atoms. The van der Waals surface area contributed by atoms with Gasteiger partial charge in [-0.15, -0.1) is 0 Å². The fourth-order valence-electron chi connectivity index (χ4n) is 1.59. The molecule has 0 aliphatic carbocycles. The summed E-state index contributed by atoms with van der Waals surface area (Å²) in [6, 6.07) is 3.20. The standard InChI is InChI=1S/C11H9FN2O3/c1-6-2-3-8(7(12)4-6)14-10(16)5-9(15)13-11(14)17/h2-4H,5H2,1H3,(H,13,15,17). The van der Waals surface area contributed by atoms with E-state index in [0.717, 1.165) is 0 Å². The van der Waals surface area contributed by atoms with Gasteiger partial charge in [-0.1, -0.05) is 6.07 Å². The Labute approximate surface area is 96.2 Å². The lowest BCUT2D eigenvalue weighted by Gasteiger charge is -2.25. The van der Waals surface area contributed by atoms with E-state index in [1.165, 1.54) is 12.1 Å². The van der Waals surface area contributed by atoms with Crippen molar-refractivity contribution in [3.05, 3.63) is 29.6 Å². The molecule has 4 amide bonds. The van der Waals surface area contributed by atoms with Crippen molar-refractivity contribution >= 4 is 23.5 Å². The van der Waals surface area contributed by atoms with Gasteiger partial charge < -0.3 is 0 Å². The Morgan fingerprint density at radius 2 is 2.00 bits per heavy atom. The van der Waals surface area contributed by atoms with E-state index in [-0.39, 0.29) is 5.69 Å². The minimum absolute atomic E-state index is 0.148. The number of anilines is 1. The fraction of sp³-hybridized carbons (Fsp3) is 0.182. The number of amides is 4. The molecule has 0 saturated carbocycles. The normalized spacial score (nSPS) is 16.1. The third kappa shape index (κ3) is 2.01. The number of hydrogen-bond donors (Lipinski definition) is 1. The molecule has 1 aromatic rings. The van der Waals surface area contributed by atoms with Gasteiger partial charge in [-0.2, -0.15) is 0 Å². The Morgan fingerprint density at radius 1 is 1.29 bits per heavy atom. The Balaban J connectivity index is 2.42. The zero-order chi connectivity index (χ0) is 12.6. The van der Waals surface area contributed by atoms with Crippen molar-refractivity contribution in [1.82, 2.24) is 5.32 Å². The maximum Gasteiger partial charge on any atom is 0.335 e. The second kappa shape index (κ2) is 3.97. The van der Waals surface area contributed by atoms with E-state index >= 15 is 0 Å². The van der Waals surface area contributed by atoms with Gasteiger partial charge in [0.1, 0.15) is 12.2 Å². The Morgan fingerprint density at radius 3 is 2.59 bits per heavy atom. The number of carbonyl (C=O) groups excluding carboxylic acids is 3. The van der Waals surface area contributed by atoms with Crippen molar-refractivity contribution in [2.45, 2.75) is 13.3 Å². The molecule has 6 heteroatoms. The zero-order valence-corrected chi connectivity index (χ0v) is 8.99. The molecular formula is C11H9FN2O3. The third-order valence-electron chi connectivity index (χ3n) is 2.35. The van der Waals surface area contributed by atoms with E-state index < -0.39 is 30.1 Å². The number of carbonyl (C=O) groups is 3. The molecular weight excluding hydrogens is 227 g/mol. The van der Waals surface area contributed by atoms with Crippen LogP contribution in [0.15, 0.2) is 18.2 Å². The quantitative estimate of drug-likeness (QED) is 0.742. The smallest absolute Gasteiger partial charge is 0.277 e. The number of barbiturate groups is 1. The Kier molecular flexibility index (Phi) is 2.63. The predicted molar refractivity (Wildman–Crippen MR) is 56.8 cm³/mol. The number of aryl methyl sites for hydroxylation is 1. The molecule has 0 bridgehead atoms. The molecule has 88 valence electrons. The lowest BCUT2D eigenvalue weighted by molar-refractivity contribution is -0.128. The number of nitrogens with zero attached hydrogens (tertiary/aromatic N) is 1. The highest BCUT2D eigenvalue weighted by Gasteiger charge is 2.33. The first-order valence-electron chi connectivity index (χ1n) is 4.92. The molecule has 1 fully saturated rings. The number of imide groups is 2. The van der Waals surface area contributed by atoms with Crippen LogP contribution in [0, 0.1) is 12.7 Å². The molecule has 0 aromatic heterocycles. The lowest BCUT2D eigenvalue weighted by Crippen LogP contribution is -2.53. The Hall–Kier alpha value is -2.24. The number of halogens is 1. The van der Waals surface area contributed by atoms with Gasteiger partial charge in [-0.05, 0) is 24.6 Å². The molecule has 2 rings (SSSR count). The maximum absolute atomic E-state index is 13.6. The second-order valence-electron chi connectivity index (χ2n) is 3.71. The van der Waals surface area contributed by atoms with Crippen LogP contribution in [0.5, 0.6) is 0 Å². The molecule has 17 heavy (non-hydrogen) atoms. The molecule has 1 aliphatic rings. The van der Waals surface area contributed by atoms with Crippen LogP contribution in [-0.2, 0) is 9.59 Å². The van der Waals surface area contributed by atoms with Crippen LogP contribution >= 0.6 is 0 Å². The van der Waals surface area contributed by atoms with E-state index in [1.54, 1.807) is 13.0 Å². The van der Waals surface area contributed by atoms with Gasteiger partial charge in [0.15, 0.2) is 0 Å². The van der Waals surface area contributed by atoms with Gasteiger partial charge >= 0.3 is 6.03 Å². The maximum atomic E-state index is 13.6. The number of urea groups is 1. The van der Waals surface area contributed by atoms with Gasteiger partial charge in [-0.25, -0.2) is 14.1 Å². The predicted octanol–water partition coefficient (Wildman–Crippen LogP) is 1.11. The summed E-state index contributed by atoms with van der Waals surface area (Å²) in [5, 5.41) is 1.96. The summed E-state index contributed by atoms with van der Waals surface area (Å²) in [4.78, 5) is 34.6. The highest BCUT2D eigenvalue weighted by atomic mass is 19.1. The first-order chi connectivity index (χ1) is 7.99. The van der Waals surface area contributed by atoms with E-state index in [1.807, 2.05) is 5.32 Å². The van der Waals surface area contributed by atoms with Crippen LogP contribution in [0.3, 0.4) is 0 Å². The zero-order valence-electron chi connectivity index (χ0n) is 8.99. The van der Waals surface area contributed by atoms with Crippen LogP contribution in [0.25, 0.3) is 0 Å². The van der Waals surface area contributed by atoms with Crippen molar-refractivity contribution in [1.29, 1.82) is 0 Å². The molecule has 1 N–H and O–H groups in total. The van der Waals surface area contributed by atoms with Gasteiger partial charge in [-0.3, -0.25) is 14.9 Å². The van der Waals surface area contributed by atoms with Crippen LogP contribution in [0.1, 0.15) is 12.0 Å². The minimum atomic E-state index is -0.922. The molecule has 5 nitrogen and oxygen atoms in total. The molecule has 0 atom stereocenters. The van der Waals surface area contributed by atoms with Crippen LogP contribution in [0.2, 0.25) is 0 Å². The molecule has 0 radical (unpaired) electrons. The number of benzene rings is 1. The number of rotatable bonds is 1. The lowest BCUT2D eigenvalue weighted by atomic mass is 10.2. The van der Waals surface area contributed by atoms with Crippen molar-refractivity contribution in [3.63, 3.8) is 0 Å². The minimum Gasteiger partial charge on any atom is -0.277 e. The van der Waals surface area contributed by atoms with Crippen LogP contribution in [-0.4, -0.2) is 17.8 Å². The summed E-state index contributed by atoms with van der Waals surface area (Å²) in [6.07, 6.45) is -0.459. The van der Waals surface area contributed by atoms with Crippen molar-refractivity contribution in [2.24, 2.45) is 0 Å². The van der Waals surface area contributed by atoms with E-state index in [4.69, 9.17) is 0 Å². The summed E-state index contributed by atoms with van der Waals surface area (Å²) in [6.45, 7) is 1.69. The fourth-order valence-corrected chi connectivity index (χ4v) is 1.59. The van der Waals surface area contributed by atoms with Gasteiger partial charge in [0.05, 0.1) is 5.69 Å². The van der Waals surface area contributed by atoms with E-state index in [2.05, 4.69) is 0 Å². The molecule has 1 saturated heterocycles. The van der Waals surface area contributed by atoms with Crippen molar-refractivity contribution in [3.8, 4) is 0 Å². The first-order valence-corrected chi connectivity index (χ1v) is 4.92. The average Bonchev–Trinajstić information content (AvgIpc) is 2.19. The van der Waals surface area contributed by atoms with Crippen LogP contribution < -0.4 is 10.2 Å². The van der Waals surface area contributed by atoms with Crippen LogP contribution in [0.4, 0.5) is 14.9 Å². The summed E-state index contributed by atoms with van der Waals surface area (Å²) < 4.78 is 13.6. The van der Waals surface area contributed by atoms with Gasteiger partial charge in [0, 0.05) is 0 Å². The summed E-state index contributed by atoms with van der Waals surface area (Å²) in [5.74, 6) is -2.09. The van der Waals surface area contributed by atoms with Gasteiger partial charge in [0.2, 0.25) is 11.8 Å². The van der Waals surface area contributed by atoms with Gasteiger partial charge in [0.25, 0.3) is 0 Å². The monoisotopic (exact) mass is 236 g/mol. The molecule has 0 unspecified atom stereocenters. The van der Waals surface area contributed by atoms with E-state index in [9.17, 15) is 18.8 Å². The van der Waals surface area contributed by atoms with E-state index in [0.29, 0.717) is 10.5 Å². The summed E-state index contributed by atoms with van der Waals surface area (Å²) in [7, 11) is 0. The first kappa shape index (κ1) is 11.3. The largest absolute Gasteiger partial charge is 0.335 e. The number of nitrogens with one attached hydrogen (secondary N) is 1. The molecule has 1 heterocycles. The Bertz CT molecular complexity index is 507. The summed E-state index contributed by atoms with van der Waals surface area (Å²) >= 11 is 0. The summed E-state index contributed by atoms with van der Waals surface area (Å²) in [5.41, 5.74) is 0.526. The third-order valence-corrected chi connectivity index (χ3v) is 2.35.